The molecule has 1 fully saturated rings. The number of halogens is 1. The summed E-state index contributed by atoms with van der Waals surface area (Å²) in [4.78, 5) is 16.3. The average Bonchev–Trinajstić information content (AvgIpc) is 2.71. The van der Waals surface area contributed by atoms with Gasteiger partial charge in [0.05, 0.1) is 6.54 Å². The van der Waals surface area contributed by atoms with Crippen LogP contribution in [0.1, 0.15) is 38.5 Å². The summed E-state index contributed by atoms with van der Waals surface area (Å²) >= 11 is 0. The minimum Gasteiger partial charge on any atom is -0.486 e. The Morgan fingerprint density at radius 1 is 1.14 bits per heavy atom. The summed E-state index contributed by atoms with van der Waals surface area (Å²) in [5.74, 6) is 2.30. The van der Waals surface area contributed by atoms with Crippen LogP contribution in [0.3, 0.4) is 0 Å². The van der Waals surface area contributed by atoms with Gasteiger partial charge in [-0.15, -0.1) is 24.0 Å². The lowest BCUT2D eigenvalue weighted by Crippen LogP contribution is -2.46. The van der Waals surface area contributed by atoms with Crippen molar-refractivity contribution in [2.75, 3.05) is 26.7 Å². The summed E-state index contributed by atoms with van der Waals surface area (Å²) in [6.07, 6.45) is 6.29. The van der Waals surface area contributed by atoms with Crippen LogP contribution in [-0.2, 0) is 4.79 Å². The molecule has 8 heteroatoms. The first-order chi connectivity index (χ1) is 13.2. The molecule has 0 saturated heterocycles. The fourth-order valence-corrected chi connectivity index (χ4v) is 3.44. The molecule has 1 atom stereocenters. The molecular formula is C20H31IN4O3. The Bertz CT molecular complexity index is 650. The first-order valence-corrected chi connectivity index (χ1v) is 9.87. The van der Waals surface area contributed by atoms with E-state index >= 15 is 0 Å². The van der Waals surface area contributed by atoms with E-state index in [1.165, 1.54) is 19.3 Å². The smallest absolute Gasteiger partial charge is 0.221 e. The molecule has 0 aromatic heterocycles. The Morgan fingerprint density at radius 3 is 2.64 bits per heavy atom. The van der Waals surface area contributed by atoms with E-state index in [0.29, 0.717) is 38.1 Å². The summed E-state index contributed by atoms with van der Waals surface area (Å²) < 4.78 is 11.6. The van der Waals surface area contributed by atoms with E-state index in [9.17, 15) is 4.79 Å². The first-order valence-electron chi connectivity index (χ1n) is 9.87. The van der Waals surface area contributed by atoms with E-state index in [2.05, 4.69) is 20.9 Å². The van der Waals surface area contributed by atoms with Crippen LogP contribution in [-0.4, -0.2) is 50.8 Å². The number of carbonyl (C=O) groups is 1. The predicted octanol–water partition coefficient (Wildman–Crippen LogP) is 2.45. The van der Waals surface area contributed by atoms with Crippen LogP contribution >= 0.6 is 24.0 Å². The number of hydrogen-bond acceptors (Lipinski definition) is 4. The Morgan fingerprint density at radius 2 is 1.89 bits per heavy atom. The third-order valence-corrected chi connectivity index (χ3v) is 4.90. The molecule has 1 aromatic carbocycles. The predicted molar refractivity (Wildman–Crippen MR) is 121 cm³/mol. The third kappa shape index (κ3) is 7.03. The molecule has 28 heavy (non-hydrogen) atoms. The van der Waals surface area contributed by atoms with Crippen molar-refractivity contribution < 1.29 is 14.3 Å². The number of nitrogens with zero attached hydrogens (tertiary/aromatic N) is 1. The SMILES string of the molecule is CN=C(NCCC(=O)NC1CCCCC1)NCC1COc2ccccc2O1.I. The van der Waals surface area contributed by atoms with E-state index in [-0.39, 0.29) is 36.0 Å². The van der Waals surface area contributed by atoms with Gasteiger partial charge in [0.25, 0.3) is 0 Å². The van der Waals surface area contributed by atoms with Crippen molar-refractivity contribution in [2.45, 2.75) is 50.7 Å². The van der Waals surface area contributed by atoms with Gasteiger partial charge in [-0.2, -0.15) is 0 Å². The third-order valence-electron chi connectivity index (χ3n) is 4.90. The largest absolute Gasteiger partial charge is 0.486 e. The maximum Gasteiger partial charge on any atom is 0.221 e. The second-order valence-electron chi connectivity index (χ2n) is 7.03. The molecule has 1 heterocycles. The number of amides is 1. The number of rotatable bonds is 6. The number of fused-ring (bicyclic) bond motifs is 1. The maximum absolute atomic E-state index is 12.1. The second kappa shape index (κ2) is 12.0. The molecular weight excluding hydrogens is 471 g/mol. The monoisotopic (exact) mass is 502 g/mol. The summed E-state index contributed by atoms with van der Waals surface area (Å²) in [7, 11) is 1.71. The fraction of sp³-hybridized carbons (Fsp3) is 0.600. The van der Waals surface area contributed by atoms with Gasteiger partial charge in [0, 0.05) is 26.1 Å². The van der Waals surface area contributed by atoms with Crippen LogP contribution in [0.2, 0.25) is 0 Å². The summed E-state index contributed by atoms with van der Waals surface area (Å²) in [6.45, 7) is 1.61. The minimum atomic E-state index is -0.0898. The maximum atomic E-state index is 12.1. The highest BCUT2D eigenvalue weighted by Gasteiger charge is 2.20. The molecule has 7 nitrogen and oxygen atoms in total. The fourth-order valence-electron chi connectivity index (χ4n) is 3.44. The van der Waals surface area contributed by atoms with Crippen LogP contribution < -0.4 is 25.4 Å². The zero-order valence-electron chi connectivity index (χ0n) is 16.4. The molecule has 1 aliphatic heterocycles. The summed E-state index contributed by atoms with van der Waals surface area (Å²) in [5, 5.41) is 9.53. The molecule has 1 unspecified atom stereocenters. The Kier molecular flexibility index (Phi) is 9.66. The molecule has 1 aliphatic carbocycles. The number of benzene rings is 1. The van der Waals surface area contributed by atoms with Gasteiger partial charge in [0.15, 0.2) is 17.5 Å². The highest BCUT2D eigenvalue weighted by molar-refractivity contribution is 14.0. The van der Waals surface area contributed by atoms with Crippen LogP contribution in [0.25, 0.3) is 0 Å². The first kappa shape index (κ1) is 22.6. The van der Waals surface area contributed by atoms with E-state index in [1.807, 2.05) is 24.3 Å². The minimum absolute atomic E-state index is 0. The molecule has 0 bridgehead atoms. The number of nitrogens with one attached hydrogen (secondary N) is 3. The van der Waals surface area contributed by atoms with E-state index < -0.39 is 0 Å². The van der Waals surface area contributed by atoms with Gasteiger partial charge in [0.1, 0.15) is 12.7 Å². The van der Waals surface area contributed by atoms with E-state index in [1.54, 1.807) is 7.05 Å². The van der Waals surface area contributed by atoms with Gasteiger partial charge in [-0.25, -0.2) is 0 Å². The summed E-state index contributed by atoms with van der Waals surface area (Å²) in [6, 6.07) is 8.01. The molecule has 1 aromatic rings. The average molecular weight is 502 g/mol. The topological polar surface area (TPSA) is 84.0 Å². The molecule has 1 saturated carbocycles. The van der Waals surface area contributed by atoms with Gasteiger partial charge in [-0.1, -0.05) is 31.4 Å². The van der Waals surface area contributed by atoms with Crippen molar-refractivity contribution in [3.63, 3.8) is 0 Å². The highest BCUT2D eigenvalue weighted by atomic mass is 127. The second-order valence-corrected chi connectivity index (χ2v) is 7.03. The molecule has 156 valence electrons. The van der Waals surface area contributed by atoms with Gasteiger partial charge in [0.2, 0.25) is 5.91 Å². The number of ether oxygens (including phenoxy) is 2. The lowest BCUT2D eigenvalue weighted by molar-refractivity contribution is -0.121. The number of carbonyl (C=O) groups excluding carboxylic acids is 1. The number of hydrogen-bond donors (Lipinski definition) is 3. The lowest BCUT2D eigenvalue weighted by Gasteiger charge is -2.27. The lowest BCUT2D eigenvalue weighted by atomic mass is 9.95. The van der Waals surface area contributed by atoms with Gasteiger partial charge < -0.3 is 25.4 Å². The van der Waals surface area contributed by atoms with Gasteiger partial charge in [-0.3, -0.25) is 9.79 Å². The van der Waals surface area contributed by atoms with Crippen molar-refractivity contribution >= 4 is 35.8 Å². The Hall–Kier alpha value is -1.71. The van der Waals surface area contributed by atoms with Crippen LogP contribution in [0.4, 0.5) is 0 Å². The molecule has 2 aliphatic rings. The van der Waals surface area contributed by atoms with E-state index in [4.69, 9.17) is 9.47 Å². The molecule has 0 spiro atoms. The van der Waals surface area contributed by atoms with Crippen molar-refractivity contribution in [3.8, 4) is 11.5 Å². The van der Waals surface area contributed by atoms with Crippen LogP contribution in [0.15, 0.2) is 29.3 Å². The van der Waals surface area contributed by atoms with Crippen LogP contribution in [0.5, 0.6) is 11.5 Å². The zero-order chi connectivity index (χ0) is 18.9. The zero-order valence-corrected chi connectivity index (χ0v) is 18.7. The van der Waals surface area contributed by atoms with Crippen molar-refractivity contribution in [1.29, 1.82) is 0 Å². The molecule has 3 rings (SSSR count). The van der Waals surface area contributed by atoms with E-state index in [0.717, 1.165) is 24.3 Å². The Balaban J connectivity index is 0.00000280. The molecule has 0 radical (unpaired) electrons. The van der Waals surface area contributed by atoms with Crippen molar-refractivity contribution in [3.05, 3.63) is 24.3 Å². The molecule has 1 amide bonds. The van der Waals surface area contributed by atoms with Gasteiger partial charge >= 0.3 is 0 Å². The normalized spacial score (nSPS) is 19.3. The van der Waals surface area contributed by atoms with Crippen molar-refractivity contribution in [1.82, 2.24) is 16.0 Å². The van der Waals surface area contributed by atoms with Crippen molar-refractivity contribution in [2.24, 2.45) is 4.99 Å². The van der Waals surface area contributed by atoms with Gasteiger partial charge in [-0.05, 0) is 25.0 Å². The standard InChI is InChI=1S/C20H30N4O3.HI/c1-21-20(22-12-11-19(25)24-15-7-3-2-4-8-15)23-13-16-14-26-17-9-5-6-10-18(17)27-16;/h5-6,9-10,15-16H,2-4,7-8,11-14H2,1H3,(H,24,25)(H2,21,22,23);1H. The number of para-hydroxylation sites is 2. The van der Waals surface area contributed by atoms with Crippen LogP contribution in [0, 0.1) is 0 Å². The number of guanidine groups is 1. The Labute approximate surface area is 184 Å². The molecule has 3 N–H and O–H groups in total. The summed E-state index contributed by atoms with van der Waals surface area (Å²) in [5.41, 5.74) is 0. The quantitative estimate of drug-likeness (QED) is 0.316. The number of aliphatic imine (C=N–C) groups is 1. The highest BCUT2D eigenvalue weighted by Crippen LogP contribution is 2.30.